The molecule has 0 amide bonds. The van der Waals surface area contributed by atoms with Gasteiger partial charge in [0, 0.05) is 24.2 Å². The van der Waals surface area contributed by atoms with Gasteiger partial charge in [0.05, 0.1) is 6.54 Å². The van der Waals surface area contributed by atoms with Gasteiger partial charge in [-0.05, 0) is 69.3 Å². The molecule has 1 N–H and O–H groups in total. The van der Waals surface area contributed by atoms with Gasteiger partial charge < -0.3 is 4.98 Å². The predicted octanol–water partition coefficient (Wildman–Crippen LogP) is 5.80. The Bertz CT molecular complexity index is 1820. The molecule has 0 saturated carbocycles. The smallest absolute Gasteiger partial charge is 0.253 e. The van der Waals surface area contributed by atoms with Gasteiger partial charge in [-0.15, -0.1) is 5.10 Å². The largest absolute Gasteiger partial charge is 0.322 e. The number of H-pyrrole nitrogens is 1. The Hall–Kier alpha value is -4.95. The summed E-state index contributed by atoms with van der Waals surface area (Å²) in [6, 6.07) is 33.8. The number of benzene rings is 4. The standard InChI is InChI=1S/C33H29FN6O/c1-23-12-15-27-19-29(33(41)35-30(27)18-23)31(32-36-37-38-40(32)22-25-10-6-3-7-11-25)39(20-24-8-4-2-5-9-24)21-26-13-16-28(34)17-14-26/h2-19,31H,20-22H2,1H3,(H,35,41). The maximum absolute atomic E-state index is 13.8. The zero-order valence-corrected chi connectivity index (χ0v) is 22.6. The van der Waals surface area contributed by atoms with E-state index in [1.54, 1.807) is 16.8 Å². The summed E-state index contributed by atoms with van der Waals surface area (Å²) in [6.07, 6.45) is 0. The van der Waals surface area contributed by atoms with Crippen molar-refractivity contribution in [3.63, 3.8) is 0 Å². The number of aryl methyl sites for hydroxylation is 1. The molecule has 1 atom stereocenters. The van der Waals surface area contributed by atoms with E-state index < -0.39 is 6.04 Å². The second kappa shape index (κ2) is 11.7. The third kappa shape index (κ3) is 5.97. The van der Waals surface area contributed by atoms with E-state index in [1.807, 2.05) is 79.7 Å². The van der Waals surface area contributed by atoms with Crippen molar-refractivity contribution in [3.05, 3.63) is 159 Å². The number of hydrogen-bond acceptors (Lipinski definition) is 5. The molecule has 2 heterocycles. The van der Waals surface area contributed by atoms with E-state index in [0.29, 0.717) is 31.0 Å². The molecule has 41 heavy (non-hydrogen) atoms. The highest BCUT2D eigenvalue weighted by molar-refractivity contribution is 5.79. The Morgan fingerprint density at radius 1 is 0.829 bits per heavy atom. The Balaban J connectivity index is 1.52. The lowest BCUT2D eigenvalue weighted by atomic mass is 10.0. The average molecular weight is 545 g/mol. The molecule has 204 valence electrons. The normalized spacial score (nSPS) is 12.2. The maximum Gasteiger partial charge on any atom is 0.253 e. The molecule has 0 bridgehead atoms. The molecular formula is C33H29FN6O. The number of aromatic nitrogens is 5. The average Bonchev–Trinajstić information content (AvgIpc) is 3.43. The topological polar surface area (TPSA) is 79.7 Å². The highest BCUT2D eigenvalue weighted by Gasteiger charge is 2.31. The summed E-state index contributed by atoms with van der Waals surface area (Å²) in [4.78, 5) is 19.1. The molecule has 1 unspecified atom stereocenters. The van der Waals surface area contributed by atoms with Crippen LogP contribution in [0, 0.1) is 12.7 Å². The van der Waals surface area contributed by atoms with Crippen molar-refractivity contribution in [2.75, 3.05) is 0 Å². The van der Waals surface area contributed by atoms with Crippen LogP contribution in [0.4, 0.5) is 4.39 Å². The van der Waals surface area contributed by atoms with Gasteiger partial charge in [0.2, 0.25) is 0 Å². The van der Waals surface area contributed by atoms with E-state index in [1.165, 1.54) is 12.1 Å². The van der Waals surface area contributed by atoms with E-state index in [2.05, 4.69) is 37.5 Å². The van der Waals surface area contributed by atoms with Crippen molar-refractivity contribution in [3.8, 4) is 0 Å². The first-order valence-electron chi connectivity index (χ1n) is 13.5. The molecule has 8 heteroatoms. The summed E-state index contributed by atoms with van der Waals surface area (Å²) in [6.45, 7) is 3.38. The predicted molar refractivity (Wildman–Crippen MR) is 157 cm³/mol. The highest BCUT2D eigenvalue weighted by atomic mass is 19.1. The summed E-state index contributed by atoms with van der Waals surface area (Å²) < 4.78 is 15.6. The molecule has 0 spiro atoms. The SMILES string of the molecule is Cc1ccc2cc(C(c3nnnn3Cc3ccccc3)N(Cc3ccccc3)Cc3ccc(F)cc3)c(=O)[nH]c2c1. The lowest BCUT2D eigenvalue weighted by molar-refractivity contribution is 0.194. The lowest BCUT2D eigenvalue weighted by Crippen LogP contribution is -2.35. The first kappa shape index (κ1) is 26.3. The van der Waals surface area contributed by atoms with Crippen LogP contribution in [0.3, 0.4) is 0 Å². The second-order valence-electron chi connectivity index (χ2n) is 10.2. The highest BCUT2D eigenvalue weighted by Crippen LogP contribution is 2.30. The van der Waals surface area contributed by atoms with Crippen molar-refractivity contribution < 1.29 is 4.39 Å². The molecule has 6 rings (SSSR count). The summed E-state index contributed by atoms with van der Waals surface area (Å²) >= 11 is 0. The van der Waals surface area contributed by atoms with Crippen molar-refractivity contribution in [2.45, 2.75) is 32.6 Å². The van der Waals surface area contributed by atoms with Gasteiger partial charge in [0.25, 0.3) is 5.56 Å². The van der Waals surface area contributed by atoms with Crippen LogP contribution in [0.25, 0.3) is 10.9 Å². The molecule has 0 fully saturated rings. The van der Waals surface area contributed by atoms with Crippen LogP contribution in [0.2, 0.25) is 0 Å². The number of fused-ring (bicyclic) bond motifs is 1. The fraction of sp³-hybridized carbons (Fsp3) is 0.152. The molecule has 2 aromatic heterocycles. The number of nitrogens with zero attached hydrogens (tertiary/aromatic N) is 5. The quantitative estimate of drug-likeness (QED) is 0.249. The molecule has 0 saturated heterocycles. The lowest BCUT2D eigenvalue weighted by Gasteiger charge is -2.31. The van der Waals surface area contributed by atoms with Gasteiger partial charge in [-0.25, -0.2) is 9.07 Å². The number of pyridine rings is 1. The Morgan fingerprint density at radius 2 is 1.49 bits per heavy atom. The van der Waals surface area contributed by atoms with E-state index in [4.69, 9.17) is 0 Å². The first-order chi connectivity index (χ1) is 20.0. The van der Waals surface area contributed by atoms with E-state index in [-0.39, 0.29) is 11.4 Å². The van der Waals surface area contributed by atoms with Gasteiger partial charge in [0.15, 0.2) is 5.82 Å². The molecule has 6 aromatic rings. The minimum absolute atomic E-state index is 0.209. The van der Waals surface area contributed by atoms with Gasteiger partial charge in [0.1, 0.15) is 11.9 Å². The van der Waals surface area contributed by atoms with Crippen molar-refractivity contribution >= 4 is 10.9 Å². The van der Waals surface area contributed by atoms with Crippen LogP contribution in [-0.4, -0.2) is 30.1 Å². The number of hydrogen-bond donors (Lipinski definition) is 1. The van der Waals surface area contributed by atoms with Crippen molar-refractivity contribution in [1.82, 2.24) is 30.1 Å². The number of halogens is 1. The summed E-state index contributed by atoms with van der Waals surface area (Å²) in [5, 5.41) is 13.8. The minimum atomic E-state index is -0.603. The Kier molecular flexibility index (Phi) is 7.47. The molecule has 0 aliphatic heterocycles. The van der Waals surface area contributed by atoms with Gasteiger partial charge >= 0.3 is 0 Å². The number of rotatable bonds is 9. The van der Waals surface area contributed by atoms with E-state index in [0.717, 1.165) is 33.2 Å². The molecule has 7 nitrogen and oxygen atoms in total. The monoisotopic (exact) mass is 544 g/mol. The van der Waals surface area contributed by atoms with E-state index >= 15 is 0 Å². The van der Waals surface area contributed by atoms with Crippen LogP contribution in [0.15, 0.2) is 114 Å². The van der Waals surface area contributed by atoms with E-state index in [9.17, 15) is 9.18 Å². The maximum atomic E-state index is 13.8. The fourth-order valence-corrected chi connectivity index (χ4v) is 5.19. The molecule has 4 aromatic carbocycles. The zero-order valence-electron chi connectivity index (χ0n) is 22.6. The van der Waals surface area contributed by atoms with Gasteiger partial charge in [-0.1, -0.05) is 84.9 Å². The molecular weight excluding hydrogens is 515 g/mol. The summed E-state index contributed by atoms with van der Waals surface area (Å²) in [5.74, 6) is 0.247. The zero-order chi connectivity index (χ0) is 28.2. The third-order valence-corrected chi connectivity index (χ3v) is 7.20. The molecule has 0 aliphatic rings. The minimum Gasteiger partial charge on any atom is -0.322 e. The summed E-state index contributed by atoms with van der Waals surface area (Å²) in [7, 11) is 0. The fourth-order valence-electron chi connectivity index (χ4n) is 5.19. The van der Waals surface area contributed by atoms with Crippen LogP contribution >= 0.6 is 0 Å². The Morgan fingerprint density at radius 3 is 2.20 bits per heavy atom. The first-order valence-corrected chi connectivity index (χ1v) is 13.5. The number of nitrogens with one attached hydrogen (secondary N) is 1. The van der Waals surface area contributed by atoms with Gasteiger partial charge in [-0.3, -0.25) is 9.69 Å². The van der Waals surface area contributed by atoms with Crippen LogP contribution in [0.1, 0.15) is 39.7 Å². The molecule has 0 radical (unpaired) electrons. The molecule has 0 aliphatic carbocycles. The van der Waals surface area contributed by atoms with Crippen LogP contribution < -0.4 is 5.56 Å². The van der Waals surface area contributed by atoms with Crippen LogP contribution in [0.5, 0.6) is 0 Å². The number of tetrazole rings is 1. The van der Waals surface area contributed by atoms with Crippen molar-refractivity contribution in [2.24, 2.45) is 0 Å². The van der Waals surface area contributed by atoms with Crippen LogP contribution in [-0.2, 0) is 19.6 Å². The van der Waals surface area contributed by atoms with Gasteiger partial charge in [-0.2, -0.15) is 0 Å². The third-order valence-electron chi connectivity index (χ3n) is 7.20. The van der Waals surface area contributed by atoms with Crippen molar-refractivity contribution in [1.29, 1.82) is 0 Å². The Labute approximate surface area is 236 Å². The summed E-state index contributed by atoms with van der Waals surface area (Å²) in [5.41, 5.74) is 5.16. The second-order valence-corrected chi connectivity index (χ2v) is 10.2. The number of aromatic amines is 1.